The molecule has 1 atom stereocenters. The molecule has 1 N–H and O–H groups in total. The summed E-state index contributed by atoms with van der Waals surface area (Å²) in [6, 6.07) is 6.87. The van der Waals surface area contributed by atoms with Gasteiger partial charge in [-0.25, -0.2) is 0 Å². The van der Waals surface area contributed by atoms with Gasteiger partial charge in [0.1, 0.15) is 0 Å². The molecule has 2 aromatic rings. The van der Waals surface area contributed by atoms with E-state index in [-0.39, 0.29) is 23.6 Å². The Morgan fingerprint density at radius 1 is 1.23 bits per heavy atom. The van der Waals surface area contributed by atoms with Crippen LogP contribution in [0, 0.1) is 0 Å². The molecule has 0 aliphatic carbocycles. The quantitative estimate of drug-likeness (QED) is 0.388. The highest BCUT2D eigenvalue weighted by molar-refractivity contribution is 6.15. The molecular formula is C22H24N2O7. The summed E-state index contributed by atoms with van der Waals surface area (Å²) in [4.78, 5) is 40.8. The van der Waals surface area contributed by atoms with E-state index in [2.05, 4.69) is 0 Å². The molecule has 9 heteroatoms. The predicted molar refractivity (Wildman–Crippen MR) is 110 cm³/mol. The van der Waals surface area contributed by atoms with E-state index in [9.17, 15) is 19.5 Å². The average Bonchev–Trinajstić information content (AvgIpc) is 3.33. The first-order chi connectivity index (χ1) is 14.7. The second-order valence-electron chi connectivity index (χ2n) is 7.28. The second kappa shape index (κ2) is 9.05. The van der Waals surface area contributed by atoms with Crippen molar-refractivity contribution in [2.75, 3.05) is 34.3 Å². The van der Waals surface area contributed by atoms with Crippen LogP contribution >= 0.6 is 0 Å². The van der Waals surface area contributed by atoms with Crippen LogP contribution in [0.15, 0.2) is 52.3 Å². The van der Waals surface area contributed by atoms with E-state index in [4.69, 9.17) is 13.9 Å². The highest BCUT2D eigenvalue weighted by Crippen LogP contribution is 2.41. The van der Waals surface area contributed by atoms with Gasteiger partial charge in [-0.05, 0) is 43.9 Å². The minimum Gasteiger partial charge on any atom is -0.503 e. The van der Waals surface area contributed by atoms with Crippen molar-refractivity contribution in [2.45, 2.75) is 13.0 Å². The molecule has 0 bridgehead atoms. The van der Waals surface area contributed by atoms with Crippen LogP contribution in [0.4, 0.5) is 0 Å². The van der Waals surface area contributed by atoms with Crippen LogP contribution in [0.5, 0.6) is 11.5 Å². The van der Waals surface area contributed by atoms with Crippen LogP contribution in [0.2, 0.25) is 0 Å². The molecule has 1 aromatic carbocycles. The zero-order valence-electron chi connectivity index (χ0n) is 17.7. The van der Waals surface area contributed by atoms with E-state index in [1.165, 1.54) is 37.3 Å². The summed E-state index contributed by atoms with van der Waals surface area (Å²) in [6.07, 6.45) is 1.34. The van der Waals surface area contributed by atoms with Crippen molar-refractivity contribution in [3.63, 3.8) is 0 Å². The van der Waals surface area contributed by atoms with E-state index in [0.717, 1.165) is 0 Å². The molecule has 0 radical (unpaired) electrons. The van der Waals surface area contributed by atoms with Crippen molar-refractivity contribution >= 4 is 17.7 Å². The molecule has 3 rings (SSSR count). The largest absolute Gasteiger partial charge is 0.503 e. The lowest BCUT2D eigenvalue weighted by Gasteiger charge is -2.28. The maximum Gasteiger partial charge on any atom is 0.308 e. The molecule has 1 amide bonds. The molecule has 2 heterocycles. The zero-order chi connectivity index (χ0) is 22.7. The standard InChI is InChI=1S/C22H24N2O7/c1-13(25)31-17-12-14(7-8-15(17)29-4)19-18(20(26)16-6-5-11-30-16)21(27)22(28)24(19)10-9-23(2)3/h5-8,11-12,19,27H,9-10H2,1-4H3. The number of carbonyl (C=O) groups is 3. The van der Waals surface area contributed by atoms with Crippen molar-refractivity contribution in [1.82, 2.24) is 9.80 Å². The van der Waals surface area contributed by atoms with E-state index < -0.39 is 29.5 Å². The predicted octanol–water partition coefficient (Wildman–Crippen LogP) is 2.35. The minimum absolute atomic E-state index is 0.00234. The lowest BCUT2D eigenvalue weighted by atomic mass is 9.94. The van der Waals surface area contributed by atoms with Crippen LogP contribution in [0.1, 0.15) is 29.1 Å². The summed E-state index contributed by atoms with van der Waals surface area (Å²) >= 11 is 0. The van der Waals surface area contributed by atoms with Crippen LogP contribution in [0.25, 0.3) is 0 Å². The summed E-state index contributed by atoms with van der Waals surface area (Å²) in [5, 5.41) is 10.6. The number of aliphatic hydroxyl groups excluding tert-OH is 1. The van der Waals surface area contributed by atoms with Crippen LogP contribution < -0.4 is 9.47 Å². The Morgan fingerprint density at radius 3 is 2.55 bits per heavy atom. The fraction of sp³-hybridized carbons (Fsp3) is 0.318. The number of benzene rings is 1. The van der Waals surface area contributed by atoms with Crippen LogP contribution in [-0.2, 0) is 9.59 Å². The first kappa shape index (κ1) is 22.1. The molecule has 0 spiro atoms. The van der Waals surface area contributed by atoms with Gasteiger partial charge in [0.2, 0.25) is 5.78 Å². The highest BCUT2D eigenvalue weighted by Gasteiger charge is 2.44. The van der Waals surface area contributed by atoms with Crippen molar-refractivity contribution in [2.24, 2.45) is 0 Å². The Bertz CT molecular complexity index is 1020. The Balaban J connectivity index is 2.11. The number of hydrogen-bond donors (Lipinski definition) is 1. The number of esters is 1. The lowest BCUT2D eigenvalue weighted by Crippen LogP contribution is -2.36. The maximum absolute atomic E-state index is 13.1. The monoisotopic (exact) mass is 428 g/mol. The number of ketones is 1. The summed E-state index contributed by atoms with van der Waals surface area (Å²) < 4.78 is 15.7. The Hall–Kier alpha value is -3.59. The van der Waals surface area contributed by atoms with Gasteiger partial charge in [-0.15, -0.1) is 0 Å². The average molecular weight is 428 g/mol. The summed E-state index contributed by atoms with van der Waals surface area (Å²) in [7, 11) is 5.13. The van der Waals surface area contributed by atoms with Crippen molar-refractivity contribution in [1.29, 1.82) is 0 Å². The SMILES string of the molecule is COc1ccc(C2C(C(=O)c3ccco3)=C(O)C(=O)N2CCN(C)C)cc1OC(C)=O. The molecule has 1 aliphatic rings. The molecular weight excluding hydrogens is 404 g/mol. The molecule has 164 valence electrons. The summed E-state index contributed by atoms with van der Waals surface area (Å²) in [5.74, 6) is -1.98. The second-order valence-corrected chi connectivity index (χ2v) is 7.28. The van der Waals surface area contributed by atoms with Crippen LogP contribution in [0.3, 0.4) is 0 Å². The summed E-state index contributed by atoms with van der Waals surface area (Å²) in [6.45, 7) is 2.02. The Kier molecular flexibility index (Phi) is 6.45. The van der Waals surface area contributed by atoms with E-state index in [0.29, 0.717) is 17.9 Å². The highest BCUT2D eigenvalue weighted by atomic mass is 16.6. The van der Waals surface area contributed by atoms with Gasteiger partial charge in [-0.3, -0.25) is 14.4 Å². The van der Waals surface area contributed by atoms with Gasteiger partial charge in [0.05, 0.1) is 25.0 Å². The zero-order valence-corrected chi connectivity index (χ0v) is 17.7. The normalized spacial score (nSPS) is 16.2. The third kappa shape index (κ3) is 4.46. The number of hydrogen-bond acceptors (Lipinski definition) is 8. The topological polar surface area (TPSA) is 110 Å². The van der Waals surface area contributed by atoms with E-state index in [1.54, 1.807) is 18.2 Å². The molecule has 1 aliphatic heterocycles. The van der Waals surface area contributed by atoms with Gasteiger partial charge in [-0.1, -0.05) is 6.07 Å². The molecule has 1 aromatic heterocycles. The third-order valence-corrected chi connectivity index (χ3v) is 4.84. The van der Waals surface area contributed by atoms with Crippen LogP contribution in [-0.4, -0.2) is 66.9 Å². The molecule has 0 fully saturated rings. The fourth-order valence-corrected chi connectivity index (χ4v) is 3.41. The number of aliphatic hydroxyl groups is 1. The molecule has 9 nitrogen and oxygen atoms in total. The number of likely N-dealkylation sites (N-methyl/N-ethyl adjacent to an activating group) is 1. The lowest BCUT2D eigenvalue weighted by molar-refractivity contribution is -0.132. The van der Waals surface area contributed by atoms with E-state index >= 15 is 0 Å². The summed E-state index contributed by atoms with van der Waals surface area (Å²) in [5.41, 5.74) is 0.376. The number of methoxy groups -OCH3 is 1. The number of carbonyl (C=O) groups excluding carboxylic acids is 3. The Labute approximate surface area is 179 Å². The number of rotatable bonds is 8. The van der Waals surface area contributed by atoms with Gasteiger partial charge >= 0.3 is 5.97 Å². The molecule has 0 saturated heterocycles. The molecule has 31 heavy (non-hydrogen) atoms. The smallest absolute Gasteiger partial charge is 0.308 e. The van der Waals surface area contributed by atoms with Crippen molar-refractivity contribution in [3.05, 3.63) is 59.3 Å². The van der Waals surface area contributed by atoms with Gasteiger partial charge in [0.25, 0.3) is 5.91 Å². The minimum atomic E-state index is -0.898. The number of ether oxygens (including phenoxy) is 2. The fourth-order valence-electron chi connectivity index (χ4n) is 3.41. The maximum atomic E-state index is 13.1. The Morgan fingerprint density at radius 2 is 1.97 bits per heavy atom. The van der Waals surface area contributed by atoms with Gasteiger partial charge in [-0.2, -0.15) is 0 Å². The van der Waals surface area contributed by atoms with Gasteiger partial charge in [0, 0.05) is 20.0 Å². The van der Waals surface area contributed by atoms with Gasteiger partial charge in [0.15, 0.2) is 23.0 Å². The third-order valence-electron chi connectivity index (χ3n) is 4.84. The first-order valence-corrected chi connectivity index (χ1v) is 9.58. The van der Waals surface area contributed by atoms with Gasteiger partial charge < -0.3 is 28.8 Å². The number of Topliss-reactive ketones (excluding diaryl/α,β-unsaturated/α-hetero) is 1. The number of furan rings is 1. The van der Waals surface area contributed by atoms with E-state index in [1.807, 2.05) is 19.0 Å². The molecule has 1 unspecified atom stereocenters. The first-order valence-electron chi connectivity index (χ1n) is 9.58. The van der Waals surface area contributed by atoms with Crippen molar-refractivity contribution in [3.8, 4) is 11.5 Å². The number of nitrogens with zero attached hydrogens (tertiary/aromatic N) is 2. The number of amides is 1. The molecule has 0 saturated carbocycles. The van der Waals surface area contributed by atoms with Crippen molar-refractivity contribution < 1.29 is 33.4 Å².